The van der Waals surface area contributed by atoms with Crippen molar-refractivity contribution < 1.29 is 4.79 Å². The van der Waals surface area contributed by atoms with Gasteiger partial charge in [-0.1, -0.05) is 12.5 Å². The molecule has 0 bridgehead atoms. The SMILES string of the molecule is NCC1CCCC1NC(=O)c1cccc(-n2cncn2)c1. The molecule has 0 radical (unpaired) electrons. The summed E-state index contributed by atoms with van der Waals surface area (Å²) in [7, 11) is 0. The molecule has 1 aromatic heterocycles. The normalized spacial score (nSPS) is 21.4. The number of nitrogens with two attached hydrogens (primary N) is 1. The highest BCUT2D eigenvalue weighted by Crippen LogP contribution is 2.25. The third kappa shape index (κ3) is 2.95. The van der Waals surface area contributed by atoms with Crippen molar-refractivity contribution in [3.05, 3.63) is 42.5 Å². The average Bonchev–Trinajstić information content (AvgIpc) is 3.18. The minimum absolute atomic E-state index is 0.0534. The van der Waals surface area contributed by atoms with Crippen molar-refractivity contribution in [2.75, 3.05) is 6.54 Å². The van der Waals surface area contributed by atoms with E-state index in [0.717, 1.165) is 24.9 Å². The third-order valence-corrected chi connectivity index (χ3v) is 4.07. The molecule has 2 unspecified atom stereocenters. The Balaban J connectivity index is 1.74. The van der Waals surface area contributed by atoms with Gasteiger partial charge in [0.1, 0.15) is 12.7 Å². The Kier molecular flexibility index (Phi) is 3.96. The summed E-state index contributed by atoms with van der Waals surface area (Å²) in [5.74, 6) is 0.342. The summed E-state index contributed by atoms with van der Waals surface area (Å²) in [6, 6.07) is 7.56. The molecule has 1 aromatic carbocycles. The van der Waals surface area contributed by atoms with Crippen LogP contribution in [-0.2, 0) is 0 Å². The predicted molar refractivity (Wildman–Crippen MR) is 79.0 cm³/mol. The van der Waals surface area contributed by atoms with E-state index in [2.05, 4.69) is 15.4 Å². The highest BCUT2D eigenvalue weighted by molar-refractivity contribution is 5.94. The van der Waals surface area contributed by atoms with Crippen molar-refractivity contribution >= 4 is 5.91 Å². The van der Waals surface area contributed by atoms with Crippen molar-refractivity contribution in [2.24, 2.45) is 11.7 Å². The first-order valence-corrected chi connectivity index (χ1v) is 7.24. The molecule has 0 spiro atoms. The van der Waals surface area contributed by atoms with E-state index in [0.29, 0.717) is 18.0 Å². The van der Waals surface area contributed by atoms with Crippen LogP contribution in [0.25, 0.3) is 5.69 Å². The molecule has 0 saturated heterocycles. The zero-order valence-corrected chi connectivity index (χ0v) is 11.8. The fourth-order valence-corrected chi connectivity index (χ4v) is 2.89. The van der Waals surface area contributed by atoms with Gasteiger partial charge >= 0.3 is 0 Å². The molecule has 1 fully saturated rings. The number of hydrogen-bond acceptors (Lipinski definition) is 4. The first kappa shape index (κ1) is 13.8. The molecule has 21 heavy (non-hydrogen) atoms. The van der Waals surface area contributed by atoms with Gasteiger partial charge in [-0.25, -0.2) is 9.67 Å². The van der Waals surface area contributed by atoms with Crippen LogP contribution in [0.4, 0.5) is 0 Å². The van der Waals surface area contributed by atoms with Crippen LogP contribution >= 0.6 is 0 Å². The van der Waals surface area contributed by atoms with Crippen LogP contribution in [0.1, 0.15) is 29.6 Å². The topological polar surface area (TPSA) is 85.8 Å². The van der Waals surface area contributed by atoms with E-state index in [1.165, 1.54) is 6.33 Å². The molecule has 1 aliphatic carbocycles. The van der Waals surface area contributed by atoms with E-state index in [4.69, 9.17) is 5.73 Å². The van der Waals surface area contributed by atoms with Gasteiger partial charge in [-0.3, -0.25) is 4.79 Å². The molecule has 6 heteroatoms. The number of amides is 1. The largest absolute Gasteiger partial charge is 0.349 e. The zero-order chi connectivity index (χ0) is 14.7. The lowest BCUT2D eigenvalue weighted by Crippen LogP contribution is -2.39. The van der Waals surface area contributed by atoms with Crippen LogP contribution in [0.5, 0.6) is 0 Å². The number of carbonyl (C=O) groups excluding carboxylic acids is 1. The molecule has 2 atom stereocenters. The maximum atomic E-state index is 12.4. The summed E-state index contributed by atoms with van der Waals surface area (Å²) in [6.07, 6.45) is 6.32. The Labute approximate surface area is 123 Å². The van der Waals surface area contributed by atoms with E-state index in [9.17, 15) is 4.79 Å². The Bertz CT molecular complexity index is 610. The summed E-state index contributed by atoms with van der Waals surface area (Å²) in [6.45, 7) is 0.629. The summed E-state index contributed by atoms with van der Waals surface area (Å²) in [5, 5.41) is 7.18. The summed E-state index contributed by atoms with van der Waals surface area (Å²) in [4.78, 5) is 16.3. The Morgan fingerprint density at radius 2 is 2.33 bits per heavy atom. The van der Waals surface area contributed by atoms with Gasteiger partial charge in [-0.05, 0) is 43.5 Å². The standard InChI is InChI=1S/C15H19N5O/c16-8-12-4-2-6-14(12)19-15(21)11-3-1-5-13(7-11)20-10-17-9-18-20/h1,3,5,7,9-10,12,14H,2,4,6,8,16H2,(H,19,21). The second-order valence-corrected chi connectivity index (χ2v) is 5.40. The van der Waals surface area contributed by atoms with E-state index in [-0.39, 0.29) is 11.9 Å². The lowest BCUT2D eigenvalue weighted by molar-refractivity contribution is 0.0928. The molecule has 3 rings (SSSR count). The lowest BCUT2D eigenvalue weighted by atomic mass is 10.0. The van der Waals surface area contributed by atoms with Crippen LogP contribution in [0.15, 0.2) is 36.9 Å². The summed E-state index contributed by atoms with van der Waals surface area (Å²) < 4.78 is 1.63. The Morgan fingerprint density at radius 3 is 3.10 bits per heavy atom. The van der Waals surface area contributed by atoms with Crippen LogP contribution in [0, 0.1) is 5.92 Å². The molecule has 1 aliphatic rings. The molecule has 3 N–H and O–H groups in total. The third-order valence-electron chi connectivity index (χ3n) is 4.07. The smallest absolute Gasteiger partial charge is 0.251 e. The van der Waals surface area contributed by atoms with Crippen LogP contribution in [0.3, 0.4) is 0 Å². The predicted octanol–water partition coefficient (Wildman–Crippen LogP) is 1.12. The second kappa shape index (κ2) is 6.05. The summed E-state index contributed by atoms with van der Waals surface area (Å²) >= 11 is 0. The quantitative estimate of drug-likeness (QED) is 0.881. The van der Waals surface area contributed by atoms with E-state index in [1.54, 1.807) is 11.0 Å². The fourth-order valence-electron chi connectivity index (χ4n) is 2.89. The highest BCUT2D eigenvalue weighted by atomic mass is 16.1. The number of carbonyl (C=O) groups is 1. The Morgan fingerprint density at radius 1 is 1.43 bits per heavy atom. The van der Waals surface area contributed by atoms with Crippen molar-refractivity contribution in [3.8, 4) is 5.69 Å². The molecule has 1 heterocycles. The first-order chi connectivity index (χ1) is 10.3. The van der Waals surface area contributed by atoms with E-state index >= 15 is 0 Å². The minimum Gasteiger partial charge on any atom is -0.349 e. The maximum absolute atomic E-state index is 12.4. The van der Waals surface area contributed by atoms with Gasteiger partial charge in [-0.15, -0.1) is 0 Å². The van der Waals surface area contributed by atoms with Gasteiger partial charge in [0.25, 0.3) is 5.91 Å². The van der Waals surface area contributed by atoms with E-state index in [1.807, 2.05) is 24.3 Å². The van der Waals surface area contributed by atoms with Crippen LogP contribution in [0.2, 0.25) is 0 Å². The number of nitrogens with zero attached hydrogens (tertiary/aromatic N) is 3. The monoisotopic (exact) mass is 285 g/mol. The van der Waals surface area contributed by atoms with Gasteiger partial charge in [0.05, 0.1) is 5.69 Å². The molecule has 1 amide bonds. The summed E-state index contributed by atoms with van der Waals surface area (Å²) in [5.41, 5.74) is 7.21. The highest BCUT2D eigenvalue weighted by Gasteiger charge is 2.27. The van der Waals surface area contributed by atoms with Gasteiger partial charge in [0.15, 0.2) is 0 Å². The van der Waals surface area contributed by atoms with E-state index < -0.39 is 0 Å². The van der Waals surface area contributed by atoms with Gasteiger partial charge in [0.2, 0.25) is 0 Å². The van der Waals surface area contributed by atoms with Crippen molar-refractivity contribution in [1.29, 1.82) is 0 Å². The van der Waals surface area contributed by atoms with Crippen molar-refractivity contribution in [3.63, 3.8) is 0 Å². The lowest BCUT2D eigenvalue weighted by Gasteiger charge is -2.19. The molecule has 2 aromatic rings. The molecule has 6 nitrogen and oxygen atoms in total. The number of aromatic nitrogens is 3. The van der Waals surface area contributed by atoms with Gasteiger partial charge in [0, 0.05) is 11.6 Å². The van der Waals surface area contributed by atoms with Crippen molar-refractivity contribution in [2.45, 2.75) is 25.3 Å². The number of hydrogen-bond donors (Lipinski definition) is 2. The minimum atomic E-state index is -0.0534. The number of nitrogens with one attached hydrogen (secondary N) is 1. The maximum Gasteiger partial charge on any atom is 0.251 e. The Hall–Kier alpha value is -2.21. The van der Waals surface area contributed by atoms with Crippen LogP contribution < -0.4 is 11.1 Å². The fraction of sp³-hybridized carbons (Fsp3) is 0.400. The average molecular weight is 285 g/mol. The molecule has 110 valence electrons. The molecular formula is C15H19N5O. The van der Waals surface area contributed by atoms with Gasteiger partial charge in [-0.2, -0.15) is 5.10 Å². The van der Waals surface area contributed by atoms with Crippen LogP contribution in [-0.4, -0.2) is 33.3 Å². The number of rotatable bonds is 4. The first-order valence-electron chi connectivity index (χ1n) is 7.24. The van der Waals surface area contributed by atoms with Gasteiger partial charge < -0.3 is 11.1 Å². The molecule has 0 aliphatic heterocycles. The zero-order valence-electron chi connectivity index (χ0n) is 11.8. The second-order valence-electron chi connectivity index (χ2n) is 5.40. The molecular weight excluding hydrogens is 266 g/mol. The molecule has 1 saturated carbocycles. The number of benzene rings is 1. The van der Waals surface area contributed by atoms with Crippen molar-refractivity contribution in [1.82, 2.24) is 20.1 Å².